The van der Waals surface area contributed by atoms with E-state index >= 15 is 0 Å². The Kier molecular flexibility index (Phi) is 5.41. The highest BCUT2D eigenvalue weighted by Crippen LogP contribution is 2.44. The van der Waals surface area contributed by atoms with E-state index in [0.717, 1.165) is 0 Å². The molecule has 0 saturated heterocycles. The highest BCUT2D eigenvalue weighted by molar-refractivity contribution is 5.98. The number of hydrogen-bond acceptors (Lipinski definition) is 0. The van der Waals surface area contributed by atoms with Crippen LogP contribution < -0.4 is 4.57 Å². The molecule has 7 rings (SSSR count). The van der Waals surface area contributed by atoms with Crippen molar-refractivity contribution < 1.29 is 13.7 Å². The molecular formula is C36H32N3+3. The number of benzene rings is 4. The van der Waals surface area contributed by atoms with Gasteiger partial charge in [0.05, 0.1) is 11.1 Å². The van der Waals surface area contributed by atoms with Gasteiger partial charge in [-0.15, -0.1) is 0 Å². The molecule has 39 heavy (non-hydrogen) atoms. The van der Waals surface area contributed by atoms with E-state index in [1.807, 2.05) is 0 Å². The molecule has 0 radical (unpaired) electrons. The van der Waals surface area contributed by atoms with Crippen LogP contribution in [0.4, 0.5) is 11.4 Å². The van der Waals surface area contributed by atoms with Gasteiger partial charge in [0.1, 0.15) is 0 Å². The normalized spacial score (nSPS) is 15.7. The van der Waals surface area contributed by atoms with Crippen LogP contribution in [0.25, 0.3) is 22.3 Å². The molecule has 0 fully saturated rings. The first kappa shape index (κ1) is 23.5. The molecule has 3 heteroatoms. The largest absolute Gasteiger partial charge is 0.555 e. The van der Waals surface area contributed by atoms with Gasteiger partial charge >= 0.3 is 6.29 Å². The summed E-state index contributed by atoms with van der Waals surface area (Å²) in [5, 5.41) is 0. The van der Waals surface area contributed by atoms with Crippen LogP contribution in [-0.2, 0) is 0 Å². The van der Waals surface area contributed by atoms with Gasteiger partial charge in [0.15, 0.2) is 0 Å². The highest BCUT2D eigenvalue weighted by atomic mass is 15.5. The highest BCUT2D eigenvalue weighted by Gasteiger charge is 2.62. The monoisotopic (exact) mass is 506 g/mol. The van der Waals surface area contributed by atoms with Crippen molar-refractivity contribution in [2.24, 2.45) is 0 Å². The van der Waals surface area contributed by atoms with Crippen molar-refractivity contribution in [2.45, 2.75) is 34.0 Å². The topological polar surface area (TPSA) is 9.90 Å². The Hall–Kier alpha value is -4.63. The third-order valence-corrected chi connectivity index (χ3v) is 8.31. The Morgan fingerprint density at radius 3 is 1.38 bits per heavy atom. The van der Waals surface area contributed by atoms with E-state index in [2.05, 4.69) is 157 Å². The predicted molar refractivity (Wildman–Crippen MR) is 158 cm³/mol. The average molecular weight is 507 g/mol. The summed E-state index contributed by atoms with van der Waals surface area (Å²) in [7, 11) is 0. The Balaban J connectivity index is 1.58. The number of para-hydroxylation sites is 2. The van der Waals surface area contributed by atoms with E-state index in [4.69, 9.17) is 0 Å². The molecule has 5 aromatic rings. The summed E-state index contributed by atoms with van der Waals surface area (Å²) in [5.41, 5.74) is 15.0. The lowest BCUT2D eigenvalue weighted by molar-refractivity contribution is -0.967. The molecule has 0 bridgehead atoms. The van der Waals surface area contributed by atoms with Crippen molar-refractivity contribution in [3.8, 4) is 22.3 Å². The summed E-state index contributed by atoms with van der Waals surface area (Å²) in [5.74, 6) is 0. The second-order valence-electron chi connectivity index (χ2n) is 10.6. The summed E-state index contributed by atoms with van der Waals surface area (Å²) >= 11 is 0. The second kappa shape index (κ2) is 8.99. The van der Waals surface area contributed by atoms with Gasteiger partial charge in [-0.3, -0.25) is 0 Å². The molecular weight excluding hydrogens is 474 g/mol. The van der Waals surface area contributed by atoms with Gasteiger partial charge < -0.3 is 0 Å². The molecule has 1 aromatic heterocycles. The molecule has 0 amide bonds. The molecule has 3 nitrogen and oxygen atoms in total. The van der Waals surface area contributed by atoms with Gasteiger partial charge in [0.25, 0.3) is 22.8 Å². The smallest absolute Gasteiger partial charge is 0.0649 e. The maximum absolute atomic E-state index is 2.58. The molecule has 1 unspecified atom stereocenters. The van der Waals surface area contributed by atoms with Crippen molar-refractivity contribution in [3.05, 3.63) is 138 Å². The van der Waals surface area contributed by atoms with E-state index in [1.54, 1.807) is 0 Å². The molecule has 188 valence electrons. The zero-order valence-corrected chi connectivity index (χ0v) is 22.9. The van der Waals surface area contributed by atoms with Gasteiger partial charge in [0, 0.05) is 37.1 Å². The van der Waals surface area contributed by atoms with Gasteiger partial charge in [-0.2, -0.15) is 0 Å². The van der Waals surface area contributed by atoms with Gasteiger partial charge in [-0.05, 0) is 43.2 Å². The summed E-state index contributed by atoms with van der Waals surface area (Å²) in [6.45, 7) is 9.00. The molecule has 0 spiro atoms. The Bertz CT molecular complexity index is 1750. The molecule has 4 aromatic carbocycles. The lowest BCUT2D eigenvalue weighted by atomic mass is 9.95. The molecule has 0 aliphatic carbocycles. The van der Waals surface area contributed by atoms with Crippen LogP contribution in [0.5, 0.6) is 0 Å². The van der Waals surface area contributed by atoms with Crippen molar-refractivity contribution in [2.75, 3.05) is 0 Å². The van der Waals surface area contributed by atoms with Crippen LogP contribution in [0.1, 0.15) is 42.7 Å². The van der Waals surface area contributed by atoms with Crippen molar-refractivity contribution >= 4 is 22.8 Å². The van der Waals surface area contributed by atoms with Crippen molar-refractivity contribution in [1.29, 1.82) is 0 Å². The van der Waals surface area contributed by atoms with Gasteiger partial charge in [0.2, 0.25) is 11.4 Å². The SMILES string of the molecule is CC1=[N+](c2c(C)cccc2C)C2[N+](c3c(-c4ccccc4)cccc3-c3ccccc3)=C(C)c3cccc1[n+]32. The minimum absolute atomic E-state index is 0.0386. The lowest BCUT2D eigenvalue weighted by Gasteiger charge is -2.14. The lowest BCUT2D eigenvalue weighted by Crippen LogP contribution is -2.45. The van der Waals surface area contributed by atoms with Crippen LogP contribution in [0.3, 0.4) is 0 Å². The quantitative estimate of drug-likeness (QED) is 0.221. The van der Waals surface area contributed by atoms with Crippen LogP contribution in [-0.4, -0.2) is 20.6 Å². The Labute approximate surface area is 230 Å². The number of aryl methyl sites for hydroxylation is 2. The van der Waals surface area contributed by atoms with Gasteiger partial charge in [-0.1, -0.05) is 98.6 Å². The van der Waals surface area contributed by atoms with Crippen LogP contribution in [0.15, 0.2) is 115 Å². The van der Waals surface area contributed by atoms with E-state index in [9.17, 15) is 0 Å². The van der Waals surface area contributed by atoms with E-state index in [0.29, 0.717) is 0 Å². The average Bonchev–Trinajstić information content (AvgIpc) is 3.42. The zero-order valence-electron chi connectivity index (χ0n) is 22.9. The minimum atomic E-state index is -0.0386. The fourth-order valence-corrected chi connectivity index (χ4v) is 6.56. The molecule has 0 N–H and O–H groups in total. The number of nitrogens with zero attached hydrogens (tertiary/aromatic N) is 3. The number of rotatable bonds is 4. The maximum Gasteiger partial charge on any atom is 0.555 e. The molecule has 2 aliphatic rings. The van der Waals surface area contributed by atoms with Crippen LogP contribution in [0, 0.1) is 13.8 Å². The fourth-order valence-electron chi connectivity index (χ4n) is 6.56. The Morgan fingerprint density at radius 2 is 0.872 bits per heavy atom. The van der Waals surface area contributed by atoms with E-state index in [-0.39, 0.29) is 6.29 Å². The van der Waals surface area contributed by atoms with Crippen LogP contribution in [0.2, 0.25) is 0 Å². The van der Waals surface area contributed by atoms with Crippen molar-refractivity contribution in [3.63, 3.8) is 0 Å². The first-order chi connectivity index (χ1) is 19.1. The van der Waals surface area contributed by atoms with Crippen LogP contribution >= 0.6 is 0 Å². The number of hydrogen-bond donors (Lipinski definition) is 0. The molecule has 2 aliphatic heterocycles. The maximum atomic E-state index is 2.58. The molecule has 3 heterocycles. The standard InChI is InChI=1S/C36H32N3/c1-24-14-11-15-25(2)34(24)37-26(3)32-22-13-23-33-27(4)38(36(37)39(32)33)35-30(28-16-7-5-8-17-28)20-12-21-31(35)29-18-9-6-10-19-29/h5-23,36H,1-4H3/q+3. The first-order valence-corrected chi connectivity index (χ1v) is 13.7. The summed E-state index contributed by atoms with van der Waals surface area (Å²) in [6.07, 6.45) is -0.0386. The van der Waals surface area contributed by atoms with Crippen molar-refractivity contribution in [1.82, 2.24) is 0 Å². The summed E-state index contributed by atoms with van der Waals surface area (Å²) in [4.78, 5) is 0. The number of aromatic nitrogens is 1. The van der Waals surface area contributed by atoms with E-state index in [1.165, 1.54) is 67.6 Å². The zero-order chi connectivity index (χ0) is 26.7. The van der Waals surface area contributed by atoms with Gasteiger partial charge in [-0.25, -0.2) is 0 Å². The summed E-state index contributed by atoms with van der Waals surface area (Å²) in [6, 6.07) is 41.7. The van der Waals surface area contributed by atoms with E-state index < -0.39 is 0 Å². The Morgan fingerprint density at radius 1 is 0.436 bits per heavy atom. The predicted octanol–water partition coefficient (Wildman–Crippen LogP) is 7.71. The molecule has 1 atom stereocenters. The summed E-state index contributed by atoms with van der Waals surface area (Å²) < 4.78 is 7.65. The second-order valence-corrected chi connectivity index (χ2v) is 10.6. The first-order valence-electron chi connectivity index (χ1n) is 13.7. The number of pyridine rings is 1. The third-order valence-electron chi connectivity index (χ3n) is 8.31. The fraction of sp³-hybridized carbons (Fsp3) is 0.139. The minimum Gasteiger partial charge on any atom is -0.0649 e. The molecule has 0 saturated carbocycles. The third kappa shape index (κ3) is 3.46.